The molecule has 2 unspecified atom stereocenters. The third kappa shape index (κ3) is 3.79. The number of hydrogen-bond acceptors (Lipinski definition) is 4. The van der Waals surface area contributed by atoms with E-state index in [9.17, 15) is 15.3 Å². The van der Waals surface area contributed by atoms with E-state index in [1.165, 1.54) is 17.7 Å². The summed E-state index contributed by atoms with van der Waals surface area (Å²) in [5.41, 5.74) is 2.25. The predicted molar refractivity (Wildman–Crippen MR) is 91.9 cm³/mol. The highest BCUT2D eigenvalue weighted by molar-refractivity contribution is 5.33. The Morgan fingerprint density at radius 1 is 1.12 bits per heavy atom. The van der Waals surface area contributed by atoms with Crippen molar-refractivity contribution >= 4 is 5.69 Å². The van der Waals surface area contributed by atoms with E-state index in [0.29, 0.717) is 13.1 Å². The van der Waals surface area contributed by atoms with Gasteiger partial charge in [-0.25, -0.2) is 4.90 Å². The zero-order chi connectivity index (χ0) is 17.2. The molecule has 2 aromatic rings. The topological polar surface area (TPSA) is 69.4 Å². The average molecular weight is 327 g/mol. The lowest BCUT2D eigenvalue weighted by atomic mass is 10.1. The van der Waals surface area contributed by atoms with E-state index in [1.807, 2.05) is 18.2 Å². The SMILES string of the molecule is C[N+]1([O-])CN(Cc2ccccc2)CC1Cc1ccc([N+](=O)[O-])cc1. The van der Waals surface area contributed by atoms with Gasteiger partial charge in [-0.15, -0.1) is 0 Å². The number of nitro groups is 1. The molecule has 0 aromatic heterocycles. The Bertz CT molecular complexity index is 701. The van der Waals surface area contributed by atoms with Gasteiger partial charge in [0.15, 0.2) is 0 Å². The van der Waals surface area contributed by atoms with E-state index in [-0.39, 0.29) is 16.4 Å². The van der Waals surface area contributed by atoms with Crippen molar-refractivity contribution < 1.29 is 9.57 Å². The highest BCUT2D eigenvalue weighted by Gasteiger charge is 2.36. The van der Waals surface area contributed by atoms with Crippen LogP contribution in [0.15, 0.2) is 54.6 Å². The van der Waals surface area contributed by atoms with Gasteiger partial charge in [-0.3, -0.25) is 10.1 Å². The van der Waals surface area contributed by atoms with Gasteiger partial charge in [0, 0.05) is 25.1 Å². The number of benzene rings is 2. The molecule has 1 heterocycles. The minimum absolute atomic E-state index is 0.0600. The molecular weight excluding hydrogens is 306 g/mol. The standard InChI is InChI=1S/C18H21N3O3/c1-21(24)14-19(12-16-5-3-2-4-6-16)13-18(21)11-15-7-9-17(10-8-15)20(22)23/h2-10,18H,11-14H2,1H3. The van der Waals surface area contributed by atoms with Gasteiger partial charge in [-0.1, -0.05) is 42.5 Å². The van der Waals surface area contributed by atoms with Crippen LogP contribution in [0, 0.1) is 15.3 Å². The fraction of sp³-hybridized carbons (Fsp3) is 0.333. The maximum atomic E-state index is 12.8. The molecule has 0 saturated carbocycles. The van der Waals surface area contributed by atoms with Crippen molar-refractivity contribution in [3.63, 3.8) is 0 Å². The lowest BCUT2D eigenvalue weighted by Gasteiger charge is -2.39. The summed E-state index contributed by atoms with van der Waals surface area (Å²) in [6, 6.07) is 16.6. The van der Waals surface area contributed by atoms with Gasteiger partial charge in [0.2, 0.25) is 0 Å². The van der Waals surface area contributed by atoms with Crippen LogP contribution in [-0.2, 0) is 13.0 Å². The molecule has 0 aliphatic carbocycles. The third-order valence-corrected chi connectivity index (χ3v) is 4.59. The zero-order valence-corrected chi connectivity index (χ0v) is 13.7. The van der Waals surface area contributed by atoms with Crippen LogP contribution in [0.25, 0.3) is 0 Å². The number of rotatable bonds is 5. The molecule has 2 atom stereocenters. The average Bonchev–Trinajstić information content (AvgIpc) is 2.82. The van der Waals surface area contributed by atoms with E-state index < -0.39 is 4.92 Å². The lowest BCUT2D eigenvalue weighted by Crippen LogP contribution is -2.44. The van der Waals surface area contributed by atoms with Gasteiger partial charge in [0.1, 0.15) is 12.7 Å². The number of non-ortho nitro benzene ring substituents is 1. The molecule has 1 fully saturated rings. The van der Waals surface area contributed by atoms with Crippen LogP contribution in [-0.4, -0.2) is 40.8 Å². The van der Waals surface area contributed by atoms with Crippen molar-refractivity contribution in [2.75, 3.05) is 20.3 Å². The summed E-state index contributed by atoms with van der Waals surface area (Å²) in [5, 5.41) is 23.5. The monoisotopic (exact) mass is 327 g/mol. The summed E-state index contributed by atoms with van der Waals surface area (Å²) in [7, 11) is 1.71. The van der Waals surface area contributed by atoms with Gasteiger partial charge < -0.3 is 9.85 Å². The van der Waals surface area contributed by atoms with Gasteiger partial charge >= 0.3 is 0 Å². The number of hydroxylamine groups is 3. The first kappa shape index (κ1) is 16.6. The molecule has 24 heavy (non-hydrogen) atoms. The number of likely N-dealkylation sites (N-methyl/N-ethyl adjacent to an activating group) is 1. The smallest absolute Gasteiger partial charge is 0.269 e. The Kier molecular flexibility index (Phi) is 4.62. The molecule has 1 aliphatic heterocycles. The molecule has 0 amide bonds. The molecule has 6 nitrogen and oxygen atoms in total. The summed E-state index contributed by atoms with van der Waals surface area (Å²) in [6.45, 7) is 1.96. The van der Waals surface area contributed by atoms with Gasteiger partial charge in [-0.05, 0) is 11.1 Å². The summed E-state index contributed by atoms with van der Waals surface area (Å²) in [4.78, 5) is 12.5. The molecule has 0 spiro atoms. The molecule has 1 saturated heterocycles. The first-order valence-electron chi connectivity index (χ1n) is 8.00. The normalized spacial score (nSPS) is 24.2. The highest BCUT2D eigenvalue weighted by atomic mass is 16.6. The molecule has 126 valence electrons. The Balaban J connectivity index is 1.66. The van der Waals surface area contributed by atoms with Crippen molar-refractivity contribution in [2.24, 2.45) is 0 Å². The summed E-state index contributed by atoms with van der Waals surface area (Å²) in [6.07, 6.45) is 0.628. The molecule has 3 rings (SSSR count). The number of hydrogen-bond donors (Lipinski definition) is 0. The first-order chi connectivity index (χ1) is 11.4. The van der Waals surface area contributed by atoms with E-state index in [1.54, 1.807) is 19.2 Å². The number of quaternary nitrogens is 1. The molecule has 0 N–H and O–H groups in total. The lowest BCUT2D eigenvalue weighted by molar-refractivity contribution is -0.876. The van der Waals surface area contributed by atoms with Crippen LogP contribution in [0.2, 0.25) is 0 Å². The molecule has 6 heteroatoms. The fourth-order valence-corrected chi connectivity index (χ4v) is 3.28. The Morgan fingerprint density at radius 2 is 1.79 bits per heavy atom. The van der Waals surface area contributed by atoms with Crippen molar-refractivity contribution in [3.05, 3.63) is 81.0 Å². The molecular formula is C18H21N3O3. The summed E-state index contributed by atoms with van der Waals surface area (Å²) >= 11 is 0. The quantitative estimate of drug-likeness (QED) is 0.366. The van der Waals surface area contributed by atoms with Crippen molar-refractivity contribution in [2.45, 2.75) is 19.0 Å². The molecule has 0 bridgehead atoms. The molecule has 2 aromatic carbocycles. The van der Waals surface area contributed by atoms with Gasteiger partial charge in [-0.2, -0.15) is 0 Å². The van der Waals surface area contributed by atoms with Crippen LogP contribution in [0.3, 0.4) is 0 Å². The molecule has 0 radical (unpaired) electrons. The van der Waals surface area contributed by atoms with E-state index in [2.05, 4.69) is 17.0 Å². The minimum atomic E-state index is -0.408. The van der Waals surface area contributed by atoms with Crippen LogP contribution >= 0.6 is 0 Å². The number of nitro benzene ring substituents is 1. The number of nitrogens with zero attached hydrogens (tertiary/aromatic N) is 3. The molecule has 1 aliphatic rings. The van der Waals surface area contributed by atoms with Crippen molar-refractivity contribution in [1.82, 2.24) is 4.90 Å². The summed E-state index contributed by atoms with van der Waals surface area (Å²) in [5.74, 6) is 0. The van der Waals surface area contributed by atoms with Crippen LogP contribution < -0.4 is 0 Å². The Labute approximate surface area is 141 Å². The van der Waals surface area contributed by atoms with E-state index in [0.717, 1.165) is 18.7 Å². The first-order valence-corrected chi connectivity index (χ1v) is 8.00. The van der Waals surface area contributed by atoms with Gasteiger partial charge in [0.25, 0.3) is 5.69 Å². The fourth-order valence-electron chi connectivity index (χ4n) is 3.28. The second kappa shape index (κ2) is 6.68. The highest BCUT2D eigenvalue weighted by Crippen LogP contribution is 2.25. The maximum Gasteiger partial charge on any atom is 0.269 e. The predicted octanol–water partition coefficient (Wildman–Crippen LogP) is 2.92. The minimum Gasteiger partial charge on any atom is -0.632 e. The second-order valence-corrected chi connectivity index (χ2v) is 6.59. The van der Waals surface area contributed by atoms with Crippen molar-refractivity contribution in [3.8, 4) is 0 Å². The largest absolute Gasteiger partial charge is 0.632 e. The Hall–Kier alpha value is -2.28. The maximum absolute atomic E-state index is 12.8. The zero-order valence-electron chi connectivity index (χ0n) is 13.7. The van der Waals surface area contributed by atoms with Crippen LogP contribution in [0.1, 0.15) is 11.1 Å². The van der Waals surface area contributed by atoms with Crippen LogP contribution in [0.5, 0.6) is 0 Å². The van der Waals surface area contributed by atoms with E-state index in [4.69, 9.17) is 0 Å². The van der Waals surface area contributed by atoms with Crippen molar-refractivity contribution in [1.29, 1.82) is 0 Å². The second-order valence-electron chi connectivity index (χ2n) is 6.59. The van der Waals surface area contributed by atoms with E-state index >= 15 is 0 Å². The van der Waals surface area contributed by atoms with Gasteiger partial charge in [0.05, 0.1) is 18.5 Å². The Morgan fingerprint density at radius 3 is 2.42 bits per heavy atom. The van der Waals surface area contributed by atoms with Crippen LogP contribution in [0.4, 0.5) is 5.69 Å². The third-order valence-electron chi connectivity index (χ3n) is 4.59. The summed E-state index contributed by atoms with van der Waals surface area (Å²) < 4.78 is -0.302.